The van der Waals surface area contributed by atoms with Crippen molar-refractivity contribution >= 4 is 49.8 Å². The fraction of sp³-hybridized carbons (Fsp3) is 0.435. The van der Waals surface area contributed by atoms with Crippen LogP contribution in [0.2, 0.25) is 0 Å². The van der Waals surface area contributed by atoms with Gasteiger partial charge in [-0.15, -0.1) is 9.05 Å². The predicted octanol–water partition coefficient (Wildman–Crippen LogP) is 6.54. The molecule has 2 heterocycles. The fourth-order valence-corrected chi connectivity index (χ4v) is 5.92. The lowest BCUT2D eigenvalue weighted by atomic mass is 9.94. The Bertz CT molecular complexity index is 1020. The Balaban J connectivity index is 1.55. The molecule has 0 N–H and O–H groups in total. The lowest BCUT2D eigenvalue weighted by Crippen LogP contribution is -2.41. The van der Waals surface area contributed by atoms with Crippen LogP contribution in [0, 0.1) is 10.8 Å². The summed E-state index contributed by atoms with van der Waals surface area (Å²) in [5, 5.41) is 0. The number of para-hydroxylation sites is 3. The molecule has 11 heteroatoms. The van der Waals surface area contributed by atoms with Crippen molar-refractivity contribution in [2.45, 2.75) is 40.3 Å². The second-order valence-corrected chi connectivity index (χ2v) is 13.0. The van der Waals surface area contributed by atoms with E-state index in [4.69, 9.17) is 56.2 Å². The standard InChI is InChI=1S/C23H27NO6P2S2/c1-22(2)14-25-31(33)29-20(22)27-18-11-7-5-9-16(18)13-24-17-10-6-8-12-19(17)28-21-23(3,4)15-26-32(34)30-21/h5-13,20-21H,14-15H2,1-4H3/q+2. The third-order valence-corrected chi connectivity index (χ3v) is 7.87. The summed E-state index contributed by atoms with van der Waals surface area (Å²) in [5.74, 6) is 1.25. The Kier molecular flexibility index (Phi) is 8.07. The summed E-state index contributed by atoms with van der Waals surface area (Å²) in [6.07, 6.45) is 0.699. The monoisotopic (exact) mass is 539 g/mol. The van der Waals surface area contributed by atoms with Crippen LogP contribution in [0.1, 0.15) is 33.3 Å². The average Bonchev–Trinajstić information content (AvgIpc) is 2.79. The molecule has 2 aliphatic rings. The van der Waals surface area contributed by atoms with Gasteiger partial charge < -0.3 is 9.47 Å². The fourth-order valence-electron chi connectivity index (χ4n) is 3.17. The SMILES string of the molecule is CC1(C)CO[P+](=S)OC1Oc1ccccc1C=Nc1ccccc1OC1O[P+](=S)OCC1(C)C. The van der Waals surface area contributed by atoms with Gasteiger partial charge in [-0.1, -0.05) is 61.0 Å². The van der Waals surface area contributed by atoms with E-state index in [1.165, 1.54) is 0 Å². The van der Waals surface area contributed by atoms with E-state index in [0.29, 0.717) is 30.4 Å². The molecule has 4 rings (SSSR count). The van der Waals surface area contributed by atoms with Crippen molar-refractivity contribution in [3.8, 4) is 11.5 Å². The van der Waals surface area contributed by atoms with E-state index in [9.17, 15) is 0 Å². The van der Waals surface area contributed by atoms with Crippen LogP contribution in [-0.4, -0.2) is 32.0 Å². The zero-order valence-corrected chi connectivity index (χ0v) is 22.8. The lowest BCUT2D eigenvalue weighted by molar-refractivity contribution is -0.118. The van der Waals surface area contributed by atoms with Gasteiger partial charge in [0, 0.05) is 11.8 Å². The minimum absolute atomic E-state index is 0.344. The highest BCUT2D eigenvalue weighted by molar-refractivity contribution is 8.01. The van der Waals surface area contributed by atoms with Crippen LogP contribution in [-0.2, 0) is 41.7 Å². The minimum Gasteiger partial charge on any atom is -0.459 e. The van der Waals surface area contributed by atoms with Crippen molar-refractivity contribution in [3.63, 3.8) is 0 Å². The second kappa shape index (κ2) is 10.7. The van der Waals surface area contributed by atoms with Gasteiger partial charge in [-0.2, -0.15) is 0 Å². The van der Waals surface area contributed by atoms with Gasteiger partial charge in [0.1, 0.15) is 30.4 Å². The second-order valence-electron chi connectivity index (χ2n) is 9.35. The molecule has 7 nitrogen and oxygen atoms in total. The van der Waals surface area contributed by atoms with Crippen LogP contribution in [0.4, 0.5) is 5.69 Å². The molecule has 2 fully saturated rings. The van der Waals surface area contributed by atoms with Crippen LogP contribution in [0.15, 0.2) is 53.5 Å². The molecule has 2 aliphatic heterocycles. The van der Waals surface area contributed by atoms with Gasteiger partial charge in [0.25, 0.3) is 12.6 Å². The molecular formula is C23H27NO6P2S2+2. The minimum atomic E-state index is -1.39. The zero-order valence-electron chi connectivity index (χ0n) is 19.4. The first kappa shape index (κ1) is 25.7. The van der Waals surface area contributed by atoms with Gasteiger partial charge in [-0.25, -0.2) is 0 Å². The van der Waals surface area contributed by atoms with Gasteiger partial charge in [0.2, 0.25) is 23.6 Å². The summed E-state index contributed by atoms with van der Waals surface area (Å²) in [7, 11) is -2.77. The maximum atomic E-state index is 6.23. The van der Waals surface area contributed by atoms with Crippen LogP contribution in [0.5, 0.6) is 11.5 Å². The van der Waals surface area contributed by atoms with E-state index < -0.39 is 26.9 Å². The number of ether oxygens (including phenoxy) is 2. The highest BCUT2D eigenvalue weighted by Crippen LogP contribution is 2.44. The smallest absolute Gasteiger partial charge is 0.459 e. The van der Waals surface area contributed by atoms with Crippen molar-refractivity contribution in [2.75, 3.05) is 13.2 Å². The Hall–Kier alpha value is -1.41. The number of hydrogen-bond donors (Lipinski definition) is 0. The molecule has 2 aromatic carbocycles. The molecule has 0 aromatic heterocycles. The number of hydrogen-bond acceptors (Lipinski definition) is 9. The first-order chi connectivity index (χ1) is 16.1. The summed E-state index contributed by atoms with van der Waals surface area (Å²) in [6, 6.07) is 15.2. The summed E-state index contributed by atoms with van der Waals surface area (Å²) >= 11 is 10.4. The summed E-state index contributed by atoms with van der Waals surface area (Å²) in [5.41, 5.74) is 0.764. The van der Waals surface area contributed by atoms with Crippen LogP contribution < -0.4 is 9.47 Å². The first-order valence-corrected chi connectivity index (χ1v) is 15.1. The van der Waals surface area contributed by atoms with E-state index in [1.807, 2.05) is 76.2 Å². The Morgan fingerprint density at radius 2 is 1.32 bits per heavy atom. The predicted molar refractivity (Wildman–Crippen MR) is 139 cm³/mol. The average molecular weight is 540 g/mol. The van der Waals surface area contributed by atoms with Crippen LogP contribution in [0.25, 0.3) is 0 Å². The highest BCUT2D eigenvalue weighted by atomic mass is 32.4. The molecule has 2 aromatic rings. The highest BCUT2D eigenvalue weighted by Gasteiger charge is 2.46. The van der Waals surface area contributed by atoms with Crippen LogP contribution >= 0.6 is 14.3 Å². The van der Waals surface area contributed by atoms with Crippen molar-refractivity contribution in [1.29, 1.82) is 0 Å². The molecule has 0 radical (unpaired) electrons. The van der Waals surface area contributed by atoms with Crippen molar-refractivity contribution in [3.05, 3.63) is 54.1 Å². The Morgan fingerprint density at radius 1 is 0.824 bits per heavy atom. The van der Waals surface area contributed by atoms with E-state index >= 15 is 0 Å². The van der Waals surface area contributed by atoms with Gasteiger partial charge >= 0.3 is 14.3 Å². The molecule has 180 valence electrons. The third-order valence-electron chi connectivity index (χ3n) is 5.32. The number of nitrogens with zero attached hydrogens (tertiary/aromatic N) is 1. The van der Waals surface area contributed by atoms with E-state index in [0.717, 1.165) is 5.56 Å². The van der Waals surface area contributed by atoms with Gasteiger partial charge in [0.05, 0.1) is 10.8 Å². The Labute approximate surface area is 211 Å². The molecule has 0 spiro atoms. The molecule has 4 unspecified atom stereocenters. The molecular weight excluding hydrogens is 512 g/mol. The maximum absolute atomic E-state index is 6.23. The van der Waals surface area contributed by atoms with Crippen molar-refractivity contribution in [2.24, 2.45) is 15.8 Å². The first-order valence-electron chi connectivity index (χ1n) is 10.7. The topological polar surface area (TPSA) is 67.7 Å². The van der Waals surface area contributed by atoms with Crippen molar-refractivity contribution < 1.29 is 27.6 Å². The molecule has 0 amide bonds. The molecule has 34 heavy (non-hydrogen) atoms. The molecule has 4 atom stereocenters. The van der Waals surface area contributed by atoms with E-state index in [1.54, 1.807) is 6.21 Å². The number of benzene rings is 2. The number of aliphatic imine (C=N–C) groups is 1. The van der Waals surface area contributed by atoms with Crippen molar-refractivity contribution in [1.82, 2.24) is 0 Å². The van der Waals surface area contributed by atoms with Gasteiger partial charge in [-0.05, 0) is 24.3 Å². The molecule has 0 bridgehead atoms. The molecule has 0 aliphatic carbocycles. The lowest BCUT2D eigenvalue weighted by Gasteiger charge is -2.32. The van der Waals surface area contributed by atoms with Gasteiger partial charge in [0.15, 0.2) is 0 Å². The zero-order chi connectivity index (χ0) is 24.3. The largest absolute Gasteiger partial charge is 0.525 e. The third kappa shape index (κ3) is 6.23. The summed E-state index contributed by atoms with van der Waals surface area (Å²) in [4.78, 5) is 4.69. The Morgan fingerprint density at radius 3 is 1.94 bits per heavy atom. The van der Waals surface area contributed by atoms with Crippen LogP contribution in [0.3, 0.4) is 0 Å². The molecule has 0 saturated carbocycles. The maximum Gasteiger partial charge on any atom is 0.525 e. The normalized spacial score (nSPS) is 26.4. The summed E-state index contributed by atoms with van der Waals surface area (Å²) in [6.45, 7) is 9.03. The van der Waals surface area contributed by atoms with Gasteiger partial charge in [-0.3, -0.25) is 4.99 Å². The molecule has 2 saturated heterocycles. The van der Waals surface area contributed by atoms with E-state index in [-0.39, 0.29) is 10.8 Å². The quantitative estimate of drug-likeness (QED) is 0.303. The summed E-state index contributed by atoms with van der Waals surface area (Å²) < 4.78 is 35.0. The van der Waals surface area contributed by atoms with E-state index in [2.05, 4.69) is 0 Å². The number of rotatable bonds is 6.